The van der Waals surface area contributed by atoms with Crippen molar-refractivity contribution in [2.45, 2.75) is 45.6 Å². The first kappa shape index (κ1) is 22.9. The molecule has 3 aromatic rings. The van der Waals surface area contributed by atoms with E-state index in [9.17, 15) is 9.59 Å². The highest BCUT2D eigenvalue weighted by atomic mass is 16.5. The largest absolute Gasteiger partial charge is 0.492 e. The third-order valence-corrected chi connectivity index (χ3v) is 6.17. The standard InChI is InChI=1S/C25H31N5O3/c1-16-21-15-26-25(27-18-9-11-20(12-10-18)33-14-13-29(3)4)28-23(21)30(19-7-5-6-8-19)24(32)22(16)17(2)31/h9-12,15,19H,5-8,13-14H2,1-4H3,(H,26,27,28). The Bertz CT molecular complexity index is 1210. The van der Waals surface area contributed by atoms with Gasteiger partial charge in [0.1, 0.15) is 18.0 Å². The molecule has 1 aliphatic carbocycles. The minimum absolute atomic E-state index is 0.0556. The van der Waals surface area contributed by atoms with Gasteiger partial charge in [-0.1, -0.05) is 12.8 Å². The Hall–Kier alpha value is -3.26. The normalized spacial score (nSPS) is 14.2. The van der Waals surface area contributed by atoms with Crippen LogP contribution < -0.4 is 15.6 Å². The molecule has 2 aromatic heterocycles. The van der Waals surface area contributed by atoms with Crippen molar-refractivity contribution in [1.82, 2.24) is 19.4 Å². The second-order valence-electron chi connectivity index (χ2n) is 8.90. The van der Waals surface area contributed by atoms with Crippen LogP contribution >= 0.6 is 0 Å². The summed E-state index contributed by atoms with van der Waals surface area (Å²) in [5, 5.41) is 3.96. The van der Waals surface area contributed by atoms with Crippen LogP contribution in [-0.4, -0.2) is 52.5 Å². The number of pyridine rings is 1. The number of aromatic nitrogens is 3. The number of likely N-dealkylation sites (N-methyl/N-ethyl adjacent to an activating group) is 1. The van der Waals surface area contributed by atoms with Crippen molar-refractivity contribution in [3.8, 4) is 5.75 Å². The molecule has 4 rings (SSSR count). The number of carbonyl (C=O) groups is 1. The van der Waals surface area contributed by atoms with E-state index in [1.807, 2.05) is 38.4 Å². The topological polar surface area (TPSA) is 89.3 Å². The maximum Gasteiger partial charge on any atom is 0.263 e. The van der Waals surface area contributed by atoms with Crippen molar-refractivity contribution in [2.24, 2.45) is 0 Å². The number of ketones is 1. The number of fused-ring (bicyclic) bond motifs is 1. The molecule has 0 aliphatic heterocycles. The van der Waals surface area contributed by atoms with E-state index < -0.39 is 0 Å². The summed E-state index contributed by atoms with van der Waals surface area (Å²) >= 11 is 0. The van der Waals surface area contributed by atoms with Crippen molar-refractivity contribution in [3.05, 3.63) is 51.9 Å². The van der Waals surface area contributed by atoms with Crippen LogP contribution in [0.3, 0.4) is 0 Å². The number of nitrogens with one attached hydrogen (secondary N) is 1. The Labute approximate surface area is 193 Å². The van der Waals surface area contributed by atoms with Crippen molar-refractivity contribution >= 4 is 28.5 Å². The Morgan fingerprint density at radius 2 is 1.91 bits per heavy atom. The first-order valence-corrected chi connectivity index (χ1v) is 11.4. The minimum Gasteiger partial charge on any atom is -0.492 e. The van der Waals surface area contributed by atoms with Crippen LogP contribution in [0.2, 0.25) is 0 Å². The maximum atomic E-state index is 13.3. The Morgan fingerprint density at radius 1 is 1.21 bits per heavy atom. The SMILES string of the molecule is CC(=O)c1c(C)c2cnc(Nc3ccc(OCCN(C)C)cc3)nc2n(C2CCCC2)c1=O. The first-order chi connectivity index (χ1) is 15.8. The van der Waals surface area contributed by atoms with Gasteiger partial charge in [-0.25, -0.2) is 4.98 Å². The molecule has 1 aromatic carbocycles. The average Bonchev–Trinajstić information content (AvgIpc) is 3.29. The number of rotatable bonds is 8. The zero-order chi connectivity index (χ0) is 23.5. The van der Waals surface area contributed by atoms with Crippen molar-refractivity contribution < 1.29 is 9.53 Å². The van der Waals surface area contributed by atoms with Crippen molar-refractivity contribution in [3.63, 3.8) is 0 Å². The number of ether oxygens (including phenoxy) is 1. The van der Waals surface area contributed by atoms with Gasteiger partial charge >= 0.3 is 0 Å². The highest BCUT2D eigenvalue weighted by Gasteiger charge is 2.25. The van der Waals surface area contributed by atoms with Crippen LogP contribution in [0.25, 0.3) is 11.0 Å². The zero-order valence-electron chi connectivity index (χ0n) is 19.7. The molecule has 0 unspecified atom stereocenters. The molecular weight excluding hydrogens is 418 g/mol. The molecule has 8 nitrogen and oxygen atoms in total. The molecule has 0 bridgehead atoms. The third-order valence-electron chi connectivity index (χ3n) is 6.17. The van der Waals surface area contributed by atoms with Gasteiger partial charge in [0, 0.05) is 29.9 Å². The van der Waals surface area contributed by atoms with E-state index in [1.165, 1.54) is 6.92 Å². The molecule has 0 atom stereocenters. The smallest absolute Gasteiger partial charge is 0.263 e. The molecule has 174 valence electrons. The number of carbonyl (C=O) groups excluding carboxylic acids is 1. The third kappa shape index (κ3) is 4.90. The van der Waals surface area contributed by atoms with Crippen LogP contribution in [-0.2, 0) is 0 Å². The summed E-state index contributed by atoms with van der Waals surface area (Å²) in [4.78, 5) is 36.8. The summed E-state index contributed by atoms with van der Waals surface area (Å²) in [6, 6.07) is 7.67. The highest BCUT2D eigenvalue weighted by molar-refractivity contribution is 5.99. The monoisotopic (exact) mass is 449 g/mol. The molecule has 0 radical (unpaired) electrons. The molecule has 0 saturated heterocycles. The van der Waals surface area contributed by atoms with Gasteiger partial charge in [-0.2, -0.15) is 4.98 Å². The fourth-order valence-corrected chi connectivity index (χ4v) is 4.42. The van der Waals surface area contributed by atoms with Crippen molar-refractivity contribution in [2.75, 3.05) is 32.6 Å². The lowest BCUT2D eigenvalue weighted by molar-refractivity contribution is 0.101. The highest BCUT2D eigenvalue weighted by Crippen LogP contribution is 2.32. The lowest BCUT2D eigenvalue weighted by Crippen LogP contribution is -2.30. The minimum atomic E-state index is -0.247. The number of anilines is 2. The van der Waals surface area contributed by atoms with E-state index in [0.717, 1.165) is 49.1 Å². The lowest BCUT2D eigenvalue weighted by Gasteiger charge is -2.19. The number of hydrogen-bond donors (Lipinski definition) is 1. The van der Waals surface area contributed by atoms with E-state index >= 15 is 0 Å². The molecule has 2 heterocycles. The summed E-state index contributed by atoms with van der Waals surface area (Å²) in [5.74, 6) is 0.982. The van der Waals surface area contributed by atoms with Crippen LogP contribution in [0.15, 0.2) is 35.3 Å². The van der Waals surface area contributed by atoms with Crippen LogP contribution in [0.4, 0.5) is 11.6 Å². The van der Waals surface area contributed by atoms with Crippen LogP contribution in [0.1, 0.15) is 54.6 Å². The Balaban J connectivity index is 1.66. The molecule has 1 saturated carbocycles. The predicted molar refractivity (Wildman–Crippen MR) is 130 cm³/mol. The summed E-state index contributed by atoms with van der Waals surface area (Å²) in [7, 11) is 4.02. The lowest BCUT2D eigenvalue weighted by atomic mass is 10.0. The molecule has 1 N–H and O–H groups in total. The van der Waals surface area contributed by atoms with Gasteiger partial charge < -0.3 is 15.0 Å². The van der Waals surface area contributed by atoms with Gasteiger partial charge in [0.15, 0.2) is 5.78 Å². The van der Waals surface area contributed by atoms with E-state index in [0.29, 0.717) is 23.8 Å². The number of Topliss-reactive ketones (excluding diaryl/α,β-unsaturated/α-hetero) is 1. The van der Waals surface area contributed by atoms with Gasteiger partial charge in [-0.15, -0.1) is 0 Å². The Morgan fingerprint density at radius 3 is 2.55 bits per heavy atom. The van der Waals surface area contributed by atoms with Gasteiger partial charge in [-0.3, -0.25) is 14.2 Å². The number of aryl methyl sites for hydroxylation is 1. The molecule has 0 amide bonds. The van der Waals surface area contributed by atoms with Gasteiger partial charge in [-0.05, 0) is 70.6 Å². The van der Waals surface area contributed by atoms with E-state index in [2.05, 4.69) is 15.2 Å². The fraction of sp³-hybridized carbons (Fsp3) is 0.440. The predicted octanol–water partition coefficient (Wildman–Crippen LogP) is 4.10. The summed E-state index contributed by atoms with van der Waals surface area (Å²) in [6.07, 6.45) is 5.67. The van der Waals surface area contributed by atoms with E-state index in [4.69, 9.17) is 9.72 Å². The van der Waals surface area contributed by atoms with E-state index in [1.54, 1.807) is 17.7 Å². The zero-order valence-corrected chi connectivity index (χ0v) is 19.7. The average molecular weight is 450 g/mol. The van der Waals surface area contributed by atoms with Crippen molar-refractivity contribution in [1.29, 1.82) is 0 Å². The molecule has 1 aliphatic rings. The van der Waals surface area contributed by atoms with Crippen LogP contribution in [0.5, 0.6) is 5.75 Å². The molecule has 1 fully saturated rings. The number of nitrogens with zero attached hydrogens (tertiary/aromatic N) is 4. The number of hydrogen-bond acceptors (Lipinski definition) is 7. The Kier molecular flexibility index (Phi) is 6.74. The molecule has 0 spiro atoms. The molecule has 33 heavy (non-hydrogen) atoms. The van der Waals surface area contributed by atoms with Gasteiger partial charge in [0.2, 0.25) is 5.95 Å². The molecule has 8 heteroatoms. The van der Waals surface area contributed by atoms with Crippen LogP contribution in [0, 0.1) is 6.92 Å². The second kappa shape index (κ2) is 9.70. The van der Waals surface area contributed by atoms with E-state index in [-0.39, 0.29) is 22.9 Å². The maximum absolute atomic E-state index is 13.3. The number of benzene rings is 1. The summed E-state index contributed by atoms with van der Waals surface area (Å²) in [6.45, 7) is 4.70. The van der Waals surface area contributed by atoms with Gasteiger partial charge in [0.25, 0.3) is 5.56 Å². The quantitative estimate of drug-likeness (QED) is 0.518. The van der Waals surface area contributed by atoms with Gasteiger partial charge in [0.05, 0.1) is 5.56 Å². The first-order valence-electron chi connectivity index (χ1n) is 11.4. The summed E-state index contributed by atoms with van der Waals surface area (Å²) < 4.78 is 7.47. The summed E-state index contributed by atoms with van der Waals surface area (Å²) in [5.41, 5.74) is 2.03. The fourth-order valence-electron chi connectivity index (χ4n) is 4.42. The second-order valence-corrected chi connectivity index (χ2v) is 8.90. The molecular formula is C25H31N5O3.